The Hall–Kier alpha value is -3.15. The Morgan fingerprint density at radius 1 is 1.07 bits per heavy atom. The normalized spacial score (nSPS) is 15.5. The summed E-state index contributed by atoms with van der Waals surface area (Å²) >= 11 is 0. The first-order valence-corrected chi connectivity index (χ1v) is 9.02. The second-order valence-electron chi connectivity index (χ2n) is 6.30. The molecule has 1 aliphatic rings. The van der Waals surface area contributed by atoms with Crippen LogP contribution in [0.4, 0.5) is 5.69 Å². The first-order chi connectivity index (χ1) is 13.0. The van der Waals surface area contributed by atoms with Crippen LogP contribution in [0.25, 0.3) is 0 Å². The number of fused-ring (bicyclic) bond motifs is 1. The van der Waals surface area contributed by atoms with Crippen LogP contribution in [-0.4, -0.2) is 41.9 Å². The highest BCUT2D eigenvalue weighted by Gasteiger charge is 2.31. The summed E-state index contributed by atoms with van der Waals surface area (Å²) in [6.07, 6.45) is -0.531. The van der Waals surface area contributed by atoms with Gasteiger partial charge in [-0.25, -0.2) is 4.79 Å². The number of esters is 1. The molecule has 0 saturated carbocycles. The zero-order chi connectivity index (χ0) is 19.4. The van der Waals surface area contributed by atoms with Crippen LogP contribution >= 0.6 is 0 Å². The van der Waals surface area contributed by atoms with E-state index < -0.39 is 12.1 Å². The predicted octanol–water partition coefficient (Wildman–Crippen LogP) is 2.89. The number of carbonyl (C=O) groups is 3. The summed E-state index contributed by atoms with van der Waals surface area (Å²) in [6.45, 7) is 5.14. The minimum Gasteiger partial charge on any atom is -0.448 e. The summed E-state index contributed by atoms with van der Waals surface area (Å²) in [5.41, 5.74) is 2.41. The van der Waals surface area contributed by atoms with E-state index in [9.17, 15) is 14.4 Å². The van der Waals surface area contributed by atoms with Crippen LogP contribution < -0.4 is 5.32 Å². The summed E-state index contributed by atoms with van der Waals surface area (Å²) in [5.74, 6) is -0.923. The molecule has 0 fully saturated rings. The van der Waals surface area contributed by atoms with Gasteiger partial charge >= 0.3 is 5.97 Å². The van der Waals surface area contributed by atoms with Crippen molar-refractivity contribution < 1.29 is 19.1 Å². The lowest BCUT2D eigenvalue weighted by molar-refractivity contribution is -0.125. The Bertz CT molecular complexity index is 857. The molecular weight excluding hydrogens is 344 g/mol. The highest BCUT2D eigenvalue weighted by atomic mass is 16.5. The fraction of sp³-hybridized carbons (Fsp3) is 0.286. The fourth-order valence-electron chi connectivity index (χ4n) is 3.09. The number of ether oxygens (including phenoxy) is 1. The van der Waals surface area contributed by atoms with Crippen molar-refractivity contribution in [2.75, 3.05) is 18.4 Å². The van der Waals surface area contributed by atoms with Crippen molar-refractivity contribution in [1.29, 1.82) is 0 Å². The second-order valence-corrected chi connectivity index (χ2v) is 6.30. The van der Waals surface area contributed by atoms with E-state index in [2.05, 4.69) is 5.32 Å². The number of cyclic esters (lactones) is 1. The fourth-order valence-corrected chi connectivity index (χ4v) is 3.09. The molecule has 2 amide bonds. The first-order valence-electron chi connectivity index (χ1n) is 9.02. The Kier molecular flexibility index (Phi) is 5.54. The number of amides is 2. The quantitative estimate of drug-likeness (QED) is 0.826. The molecule has 3 rings (SSSR count). The zero-order valence-electron chi connectivity index (χ0n) is 15.4. The monoisotopic (exact) mass is 366 g/mol. The predicted molar refractivity (Wildman–Crippen MR) is 102 cm³/mol. The van der Waals surface area contributed by atoms with E-state index in [1.165, 1.54) is 0 Å². The number of carbonyl (C=O) groups excluding carboxylic acids is 3. The summed E-state index contributed by atoms with van der Waals surface area (Å²) in [6, 6.07) is 13.8. The lowest BCUT2D eigenvalue weighted by atomic mass is 9.98. The maximum absolute atomic E-state index is 12.5. The highest BCUT2D eigenvalue weighted by Crippen LogP contribution is 2.21. The molecule has 6 heteroatoms. The molecule has 0 aliphatic carbocycles. The molecule has 1 atom stereocenters. The van der Waals surface area contributed by atoms with E-state index >= 15 is 0 Å². The Balaban J connectivity index is 1.67. The third-order valence-corrected chi connectivity index (χ3v) is 4.63. The van der Waals surface area contributed by atoms with Crippen LogP contribution in [0.2, 0.25) is 0 Å². The van der Waals surface area contributed by atoms with Gasteiger partial charge in [-0.2, -0.15) is 0 Å². The van der Waals surface area contributed by atoms with Crippen LogP contribution in [-0.2, 0) is 16.0 Å². The molecule has 0 spiro atoms. The molecule has 2 aromatic carbocycles. The molecule has 0 aromatic heterocycles. The van der Waals surface area contributed by atoms with Crippen molar-refractivity contribution in [2.45, 2.75) is 26.4 Å². The molecule has 6 nitrogen and oxygen atoms in total. The molecule has 0 unspecified atom stereocenters. The van der Waals surface area contributed by atoms with E-state index in [0.29, 0.717) is 36.3 Å². The summed E-state index contributed by atoms with van der Waals surface area (Å²) < 4.78 is 5.26. The molecule has 0 bridgehead atoms. The van der Waals surface area contributed by atoms with E-state index in [1.807, 2.05) is 26.0 Å². The van der Waals surface area contributed by atoms with Crippen molar-refractivity contribution in [2.24, 2.45) is 0 Å². The van der Waals surface area contributed by atoms with Crippen LogP contribution in [0, 0.1) is 0 Å². The van der Waals surface area contributed by atoms with Crippen molar-refractivity contribution in [3.8, 4) is 0 Å². The summed E-state index contributed by atoms with van der Waals surface area (Å²) in [4.78, 5) is 38.6. The van der Waals surface area contributed by atoms with Crippen molar-refractivity contribution in [3.05, 3.63) is 65.2 Å². The third-order valence-electron chi connectivity index (χ3n) is 4.63. The number of anilines is 1. The highest BCUT2D eigenvalue weighted by molar-refractivity contribution is 6.00. The van der Waals surface area contributed by atoms with Gasteiger partial charge in [0.25, 0.3) is 11.8 Å². The molecule has 2 aromatic rings. The van der Waals surface area contributed by atoms with Crippen LogP contribution in [0.5, 0.6) is 0 Å². The van der Waals surface area contributed by atoms with Crippen molar-refractivity contribution in [1.82, 2.24) is 4.90 Å². The van der Waals surface area contributed by atoms with Gasteiger partial charge in [-0.05, 0) is 49.7 Å². The average molecular weight is 366 g/mol. The van der Waals surface area contributed by atoms with E-state index in [-0.39, 0.29) is 11.8 Å². The molecule has 0 radical (unpaired) electrons. The van der Waals surface area contributed by atoms with E-state index in [1.54, 1.807) is 41.3 Å². The lowest BCUT2D eigenvalue weighted by Crippen LogP contribution is -2.38. The Morgan fingerprint density at radius 3 is 2.41 bits per heavy atom. The molecular formula is C21H22N2O4. The smallest absolute Gasteiger partial charge is 0.339 e. The number of rotatable bonds is 5. The second kappa shape index (κ2) is 8.03. The molecule has 1 heterocycles. The van der Waals surface area contributed by atoms with E-state index in [0.717, 1.165) is 5.56 Å². The minimum atomic E-state index is -0.871. The number of nitrogens with one attached hydrogen (secondary N) is 1. The largest absolute Gasteiger partial charge is 0.448 e. The van der Waals surface area contributed by atoms with Gasteiger partial charge in [-0.15, -0.1) is 0 Å². The molecule has 1 N–H and O–H groups in total. The van der Waals surface area contributed by atoms with Gasteiger partial charge in [0.05, 0.1) is 5.56 Å². The number of hydrogen-bond donors (Lipinski definition) is 1. The maximum atomic E-state index is 12.5. The van der Waals surface area contributed by atoms with Gasteiger partial charge in [0.15, 0.2) is 6.10 Å². The van der Waals surface area contributed by atoms with Gasteiger partial charge in [0.2, 0.25) is 0 Å². The first kappa shape index (κ1) is 18.6. The number of nitrogens with zero attached hydrogens (tertiary/aromatic N) is 1. The Labute approximate surface area is 158 Å². The van der Waals surface area contributed by atoms with Crippen LogP contribution in [0.1, 0.15) is 40.1 Å². The molecule has 140 valence electrons. The van der Waals surface area contributed by atoms with Crippen LogP contribution in [0.15, 0.2) is 48.5 Å². The molecule has 0 saturated heterocycles. The molecule has 27 heavy (non-hydrogen) atoms. The van der Waals surface area contributed by atoms with E-state index in [4.69, 9.17) is 4.74 Å². The summed E-state index contributed by atoms with van der Waals surface area (Å²) in [5, 5.41) is 2.75. The zero-order valence-corrected chi connectivity index (χ0v) is 15.4. The van der Waals surface area contributed by atoms with Gasteiger partial charge in [-0.3, -0.25) is 9.59 Å². The summed E-state index contributed by atoms with van der Waals surface area (Å²) in [7, 11) is 0. The van der Waals surface area contributed by atoms with Gasteiger partial charge < -0.3 is 15.0 Å². The minimum absolute atomic E-state index is 0.0457. The number of benzene rings is 2. The average Bonchev–Trinajstić information content (AvgIpc) is 2.69. The topological polar surface area (TPSA) is 75.7 Å². The van der Waals surface area contributed by atoms with Crippen LogP contribution in [0.3, 0.4) is 0 Å². The Morgan fingerprint density at radius 2 is 1.74 bits per heavy atom. The van der Waals surface area contributed by atoms with Gasteiger partial charge in [0, 0.05) is 30.8 Å². The van der Waals surface area contributed by atoms with Crippen molar-refractivity contribution in [3.63, 3.8) is 0 Å². The molecule has 1 aliphatic heterocycles. The lowest BCUT2D eigenvalue weighted by Gasteiger charge is -2.23. The van der Waals surface area contributed by atoms with Crippen molar-refractivity contribution >= 4 is 23.5 Å². The van der Waals surface area contributed by atoms with Gasteiger partial charge in [0.1, 0.15) is 0 Å². The van der Waals surface area contributed by atoms with Gasteiger partial charge in [-0.1, -0.05) is 18.2 Å². The SMILES string of the molecule is CCN(CC)C(=O)c1ccc(NC(=O)[C@@H]2Cc3ccccc3C(=O)O2)cc1. The third kappa shape index (κ3) is 4.00. The standard InChI is InChI=1S/C21H22N2O4/c1-3-23(4-2)20(25)14-9-11-16(12-10-14)22-19(24)18-13-15-7-5-6-8-17(15)21(26)27-18/h5-12,18H,3-4,13H2,1-2H3,(H,22,24)/t18-/m0/s1. The number of hydrogen-bond acceptors (Lipinski definition) is 4. The maximum Gasteiger partial charge on any atom is 0.339 e.